The van der Waals surface area contributed by atoms with E-state index in [2.05, 4.69) is 10.0 Å². The molecule has 10 heteroatoms. The number of benzene rings is 2. The van der Waals surface area contributed by atoms with Crippen molar-refractivity contribution < 1.29 is 27.8 Å². The Balaban J connectivity index is 1.41. The zero-order valence-corrected chi connectivity index (χ0v) is 22.3. The Kier molecular flexibility index (Phi) is 9.83. The molecule has 1 heterocycles. The molecule has 2 aromatic rings. The number of amides is 1. The summed E-state index contributed by atoms with van der Waals surface area (Å²) in [6.45, 7) is 0.582. The number of nitrogens with one attached hydrogen (secondary N) is 2. The van der Waals surface area contributed by atoms with E-state index in [0.717, 1.165) is 30.4 Å². The van der Waals surface area contributed by atoms with E-state index in [9.17, 15) is 18.3 Å². The second-order valence-electron chi connectivity index (χ2n) is 9.86. The van der Waals surface area contributed by atoms with Crippen LogP contribution in [0.15, 0.2) is 53.4 Å². The van der Waals surface area contributed by atoms with Crippen LogP contribution in [0.2, 0.25) is 5.02 Å². The average molecular weight is 551 g/mol. The summed E-state index contributed by atoms with van der Waals surface area (Å²) in [4.78, 5) is 12.6. The molecule has 4 rings (SSSR count). The summed E-state index contributed by atoms with van der Waals surface area (Å²) in [5.74, 6) is 0.519. The van der Waals surface area contributed by atoms with E-state index in [0.29, 0.717) is 37.0 Å². The molecule has 1 unspecified atom stereocenters. The van der Waals surface area contributed by atoms with Crippen molar-refractivity contribution in [3.8, 4) is 0 Å². The molecule has 2 aromatic carbocycles. The number of rotatable bonds is 11. The van der Waals surface area contributed by atoms with Crippen molar-refractivity contribution >= 4 is 27.7 Å². The predicted molar refractivity (Wildman–Crippen MR) is 141 cm³/mol. The minimum absolute atomic E-state index is 0.102. The summed E-state index contributed by atoms with van der Waals surface area (Å²) >= 11 is 6.36. The third-order valence-corrected chi connectivity index (χ3v) is 8.81. The molecule has 0 aromatic heterocycles. The van der Waals surface area contributed by atoms with Crippen molar-refractivity contribution in [1.29, 1.82) is 0 Å². The van der Waals surface area contributed by atoms with Crippen LogP contribution < -0.4 is 10.0 Å². The first-order chi connectivity index (χ1) is 17.8. The van der Waals surface area contributed by atoms with Gasteiger partial charge >= 0.3 is 6.09 Å². The fourth-order valence-electron chi connectivity index (χ4n) is 4.91. The highest BCUT2D eigenvalue weighted by Gasteiger charge is 2.27. The smallest absolute Gasteiger partial charge is 0.407 e. The minimum atomic E-state index is -3.91. The van der Waals surface area contributed by atoms with Crippen LogP contribution in [0.1, 0.15) is 43.2 Å². The van der Waals surface area contributed by atoms with Gasteiger partial charge in [-0.2, -0.15) is 0 Å². The number of aliphatic hydroxyl groups is 1. The number of alkyl carbamates (subject to hydrolysis) is 1. The van der Waals surface area contributed by atoms with Crippen LogP contribution in [0, 0.1) is 5.92 Å². The van der Waals surface area contributed by atoms with Gasteiger partial charge in [-0.25, -0.2) is 17.9 Å². The molecule has 1 saturated heterocycles. The number of sulfonamides is 1. The third kappa shape index (κ3) is 8.15. The molecular weight excluding hydrogens is 516 g/mol. The lowest BCUT2D eigenvalue weighted by Gasteiger charge is -2.25. The molecule has 1 aliphatic heterocycles. The van der Waals surface area contributed by atoms with E-state index in [1.165, 1.54) is 18.9 Å². The zero-order chi connectivity index (χ0) is 26.3. The van der Waals surface area contributed by atoms with Crippen LogP contribution in [0.25, 0.3) is 0 Å². The van der Waals surface area contributed by atoms with Crippen LogP contribution >= 0.6 is 11.6 Å². The Labute approximate surface area is 223 Å². The summed E-state index contributed by atoms with van der Waals surface area (Å²) in [5, 5.41) is 14.2. The third-order valence-electron chi connectivity index (χ3n) is 7.02. The number of hydrogen-bond acceptors (Lipinski definition) is 6. The standard InChI is InChI=1S/C27H35ClN2O6S/c28-24-11-10-23(16-21(24)14-19-8-4-5-9-19)37(33,34)29-17-26(31)25(15-20-6-2-1-3-7-20)30-27(32)36-22-12-13-35-18-22/h1-3,6-7,10-11,16,19,22,25-26,29,31H,4-5,8-9,12-15,17-18H2,(H,30,32)/t22-,25?,26-/m0/s1. The molecule has 37 heavy (non-hydrogen) atoms. The number of aliphatic hydroxyl groups excluding tert-OH is 1. The SMILES string of the molecule is O=C(NC(Cc1ccccc1)[C@@H](O)CNS(=O)(=O)c1ccc(Cl)c(CC2CCCC2)c1)O[C@H]1CCOC1. The van der Waals surface area contributed by atoms with Crippen LogP contribution in [-0.2, 0) is 32.3 Å². The molecule has 8 nitrogen and oxygen atoms in total. The Morgan fingerprint density at radius 3 is 2.59 bits per heavy atom. The maximum atomic E-state index is 13.1. The molecule has 1 aliphatic carbocycles. The number of carbonyl (C=O) groups excluding carboxylic acids is 1. The first kappa shape index (κ1) is 27.9. The Bertz CT molecular complexity index is 1130. The molecule has 0 spiro atoms. The van der Waals surface area contributed by atoms with Crippen molar-refractivity contribution in [2.75, 3.05) is 19.8 Å². The molecule has 3 atom stereocenters. The molecule has 3 N–H and O–H groups in total. The minimum Gasteiger partial charge on any atom is -0.444 e. The number of carbonyl (C=O) groups is 1. The van der Waals surface area contributed by atoms with Gasteiger partial charge < -0.3 is 19.9 Å². The number of hydrogen-bond donors (Lipinski definition) is 3. The highest BCUT2D eigenvalue weighted by molar-refractivity contribution is 7.89. The van der Waals surface area contributed by atoms with Crippen molar-refractivity contribution in [3.63, 3.8) is 0 Å². The largest absolute Gasteiger partial charge is 0.444 e. The summed E-state index contributed by atoms with van der Waals surface area (Å²) in [7, 11) is -3.91. The molecule has 0 radical (unpaired) electrons. The molecule has 2 aliphatic rings. The lowest BCUT2D eigenvalue weighted by atomic mass is 9.98. The highest BCUT2D eigenvalue weighted by atomic mass is 35.5. The van der Waals surface area contributed by atoms with Crippen LogP contribution in [-0.4, -0.2) is 57.6 Å². The zero-order valence-electron chi connectivity index (χ0n) is 20.8. The first-order valence-electron chi connectivity index (χ1n) is 12.8. The summed E-state index contributed by atoms with van der Waals surface area (Å²) in [6, 6.07) is 13.3. The lowest BCUT2D eigenvalue weighted by molar-refractivity contribution is 0.0698. The van der Waals surface area contributed by atoms with Gasteiger partial charge in [0.15, 0.2) is 0 Å². The highest BCUT2D eigenvalue weighted by Crippen LogP contribution is 2.31. The summed E-state index contributed by atoms with van der Waals surface area (Å²) in [5.41, 5.74) is 1.70. The molecule has 202 valence electrons. The molecular formula is C27H35ClN2O6S. The van der Waals surface area contributed by atoms with E-state index in [1.54, 1.807) is 12.1 Å². The van der Waals surface area contributed by atoms with Crippen LogP contribution in [0.3, 0.4) is 0 Å². The Hall–Kier alpha value is -2.17. The van der Waals surface area contributed by atoms with E-state index in [-0.39, 0.29) is 17.5 Å². The Morgan fingerprint density at radius 1 is 1.14 bits per heavy atom. The monoisotopic (exact) mass is 550 g/mol. The Morgan fingerprint density at radius 2 is 1.89 bits per heavy atom. The normalized spacial score (nSPS) is 20.0. The van der Waals surface area contributed by atoms with Gasteiger partial charge in [0.25, 0.3) is 0 Å². The van der Waals surface area contributed by atoms with E-state index in [1.807, 2.05) is 30.3 Å². The van der Waals surface area contributed by atoms with E-state index < -0.39 is 28.3 Å². The fraction of sp³-hybridized carbons (Fsp3) is 0.519. The maximum Gasteiger partial charge on any atom is 0.407 e. The van der Waals surface area contributed by atoms with E-state index in [4.69, 9.17) is 21.1 Å². The predicted octanol–water partition coefficient (Wildman–Crippen LogP) is 3.84. The lowest BCUT2D eigenvalue weighted by Crippen LogP contribution is -2.50. The quantitative estimate of drug-likeness (QED) is 0.392. The molecule has 1 amide bonds. The van der Waals surface area contributed by atoms with Crippen molar-refractivity contribution in [2.24, 2.45) is 5.92 Å². The van der Waals surface area contributed by atoms with Gasteiger partial charge in [0, 0.05) is 18.0 Å². The number of halogens is 1. The topological polar surface area (TPSA) is 114 Å². The summed E-state index contributed by atoms with van der Waals surface area (Å²) < 4.78 is 39.3. The second kappa shape index (κ2) is 13.1. The second-order valence-corrected chi connectivity index (χ2v) is 12.0. The van der Waals surface area contributed by atoms with Gasteiger partial charge in [-0.05, 0) is 48.1 Å². The molecule has 2 fully saturated rings. The number of ether oxygens (including phenoxy) is 2. The van der Waals surface area contributed by atoms with Gasteiger partial charge in [0.1, 0.15) is 6.10 Å². The maximum absolute atomic E-state index is 13.1. The van der Waals surface area contributed by atoms with Gasteiger partial charge in [0.05, 0.1) is 30.3 Å². The van der Waals surface area contributed by atoms with Gasteiger partial charge in [-0.1, -0.05) is 67.6 Å². The molecule has 0 bridgehead atoms. The van der Waals surface area contributed by atoms with Crippen molar-refractivity contribution in [2.45, 2.75) is 68.1 Å². The van der Waals surface area contributed by atoms with E-state index >= 15 is 0 Å². The fourth-order valence-corrected chi connectivity index (χ4v) is 6.21. The summed E-state index contributed by atoms with van der Waals surface area (Å²) in [6.07, 6.45) is 4.10. The van der Waals surface area contributed by atoms with Crippen molar-refractivity contribution in [3.05, 3.63) is 64.7 Å². The van der Waals surface area contributed by atoms with Gasteiger partial charge in [-0.15, -0.1) is 0 Å². The molecule has 1 saturated carbocycles. The van der Waals surface area contributed by atoms with Gasteiger partial charge in [-0.3, -0.25) is 0 Å². The first-order valence-corrected chi connectivity index (χ1v) is 14.7. The average Bonchev–Trinajstić information content (AvgIpc) is 3.59. The van der Waals surface area contributed by atoms with Crippen LogP contribution in [0.5, 0.6) is 0 Å². The van der Waals surface area contributed by atoms with Crippen molar-refractivity contribution in [1.82, 2.24) is 10.0 Å². The van der Waals surface area contributed by atoms with Crippen LogP contribution in [0.4, 0.5) is 4.79 Å². The van der Waals surface area contributed by atoms with Gasteiger partial charge in [0.2, 0.25) is 10.0 Å².